The van der Waals surface area contributed by atoms with Crippen molar-refractivity contribution in [1.82, 2.24) is 0 Å². The molecule has 0 aromatic heterocycles. The van der Waals surface area contributed by atoms with Crippen LogP contribution in [0.1, 0.15) is 173 Å². The van der Waals surface area contributed by atoms with E-state index in [1.807, 2.05) is 58.1 Å². The molecule has 0 spiro atoms. The van der Waals surface area contributed by atoms with Crippen LogP contribution in [-0.2, 0) is 23.7 Å². The smallest absolute Gasteiger partial charge is 0.0870 e. The number of rotatable bonds is 89. The summed E-state index contributed by atoms with van der Waals surface area (Å²) in [4.78, 5) is 3.51. The van der Waals surface area contributed by atoms with Gasteiger partial charge in [-0.05, 0) is 104 Å². The molecule has 0 aliphatic rings. The average Bonchev–Trinajstić information content (AvgIpc) is 0.847. The molecule has 31 heteroatoms. The van der Waals surface area contributed by atoms with Gasteiger partial charge in [-0.2, -0.15) is 0 Å². The molecule has 0 aliphatic carbocycles. The highest BCUT2D eigenvalue weighted by Gasteiger charge is 2.33. The Labute approximate surface area is 966 Å². The molecule has 0 aliphatic heterocycles. The number of hydrogen-bond donors (Lipinski definition) is 0. The van der Waals surface area contributed by atoms with Crippen LogP contribution >= 0.6 is 0 Å². The first kappa shape index (κ1) is 158. The van der Waals surface area contributed by atoms with Crippen molar-refractivity contribution in [2.75, 3.05) is 33.0 Å². The standard InChI is InChI=1S/C30H66Si4.C22H50OSi6.3C16H38OSi4.C15H36OSi4.2H2/c1-8-10-12-14-16-21-25-34(7,26-22-17-15-13-11-9-2)29-32-28-33(5,6)27-31-24-20-18-19-23-30(3)4;1-20(2)13-15-23-14-12-16-24-17-28(8,9)22(4)26-19-29(10,11)21(3)25-18-27(5,6)7;3*1-16(2)9-11-17-10-8-12-18-14-21(6,7)15-19-13-20(3,4)5;1-7-8-10-16-11-9-12-17-14-20(5,6)15-18-13-19(2,3)4;;/h19,23H,3,8-18,20-22,24-29,31-32H2,1-2,4-7H3;13,15H,1,3-4,12,14,16-19,24-26H2,2,5-11H3;3*9,11H,1,8,10,12-15,18-19H2,2-7H3;7-8,10H,1,9,11-15,17-18H2,2-6H3;2*1H. The molecule has 0 heterocycles. The zero-order valence-electron chi connectivity index (χ0n) is 107. The quantitative estimate of drug-likeness (QED) is 0.0263. The van der Waals surface area contributed by atoms with Gasteiger partial charge in [0.05, 0.1) is 80.5 Å². The van der Waals surface area contributed by atoms with E-state index in [1.54, 1.807) is 169 Å². The van der Waals surface area contributed by atoms with E-state index in [0.717, 1.165) is 55.3 Å². The van der Waals surface area contributed by atoms with E-state index in [2.05, 4.69) is 282 Å². The van der Waals surface area contributed by atoms with Gasteiger partial charge in [-0.1, -0.05) is 530 Å². The predicted octanol–water partition coefficient (Wildman–Crippen LogP) is 31.9. The Bertz CT molecular complexity index is 3290. The van der Waals surface area contributed by atoms with Crippen molar-refractivity contribution < 1.29 is 26.5 Å². The molecule has 0 saturated carbocycles. The van der Waals surface area contributed by atoms with Gasteiger partial charge in [0.15, 0.2) is 0 Å². The topological polar surface area (TPSA) is 46.2 Å². The molecule has 0 rings (SSSR count). The molecule has 0 amide bonds. The Morgan fingerprint density at radius 2 is 0.466 bits per heavy atom. The van der Waals surface area contributed by atoms with Gasteiger partial charge >= 0.3 is 0 Å². The van der Waals surface area contributed by atoms with Crippen LogP contribution in [0.15, 0.2) is 170 Å². The van der Waals surface area contributed by atoms with E-state index in [0.29, 0.717) is 0 Å². The zero-order chi connectivity index (χ0) is 113. The van der Waals surface area contributed by atoms with Crippen molar-refractivity contribution in [3.05, 3.63) is 170 Å². The Morgan fingerprint density at radius 3 is 0.726 bits per heavy atom. The minimum Gasteiger partial charge on any atom is -0.501 e. The Balaban J connectivity index is -0.000000267. The maximum Gasteiger partial charge on any atom is 0.0870 e. The summed E-state index contributed by atoms with van der Waals surface area (Å²) in [7, 11) is -9.57. The minimum atomic E-state index is -1.22. The van der Waals surface area contributed by atoms with Crippen LogP contribution in [0, 0.1) is 0 Å². The number of hydrogen-bond acceptors (Lipinski definition) is 5. The van der Waals surface area contributed by atoms with Crippen LogP contribution in [0.25, 0.3) is 0 Å². The molecule has 0 unspecified atom stereocenters. The molecule has 864 valence electrons. The third-order valence-corrected chi connectivity index (χ3v) is 174. The second-order valence-corrected chi connectivity index (χ2v) is 170. The summed E-state index contributed by atoms with van der Waals surface area (Å²) in [5, 5.41) is 0. The van der Waals surface area contributed by atoms with Crippen molar-refractivity contribution in [3.8, 4) is 0 Å². The number of unbranched alkanes of at least 4 members (excludes halogenated alkanes) is 11. The van der Waals surface area contributed by atoms with E-state index in [4.69, 9.17) is 23.7 Å². The second kappa shape index (κ2) is 93.7. The lowest BCUT2D eigenvalue weighted by Gasteiger charge is -2.30. The molecule has 0 aromatic rings. The largest absolute Gasteiger partial charge is 0.501 e. The zero-order valence-corrected chi connectivity index (χ0v) is 138. The molecular weight excluding hydrogens is 2190 g/mol. The summed E-state index contributed by atoms with van der Waals surface area (Å²) < 4.78 is 27.4. The third-order valence-electron chi connectivity index (χ3n) is 29.4. The molecule has 0 N–H and O–H groups in total. The normalized spacial score (nSPS) is 13.9. The summed E-state index contributed by atoms with van der Waals surface area (Å²) in [6.45, 7) is 129. The molecule has 0 bridgehead atoms. The number of allylic oxidation sites excluding steroid dienone is 13. The van der Waals surface area contributed by atoms with Gasteiger partial charge in [0, 0.05) is 215 Å². The van der Waals surface area contributed by atoms with Crippen molar-refractivity contribution in [2.24, 2.45) is 0 Å². The highest BCUT2D eigenvalue weighted by Crippen LogP contribution is 2.32. The van der Waals surface area contributed by atoms with Crippen LogP contribution in [0.2, 0.25) is 347 Å². The summed E-state index contributed by atoms with van der Waals surface area (Å²) in [6, 6.07) is 12.2. The summed E-state index contributed by atoms with van der Waals surface area (Å²) >= 11 is 0. The molecule has 0 radical (unpaired) electrons. The van der Waals surface area contributed by atoms with Gasteiger partial charge in [-0.15, -0.1) is 22.8 Å². The Kier molecular flexibility index (Phi) is 101. The fraction of sp³-hybridized carbons (Fsp3) is 0.757. The molecule has 0 saturated heterocycles. The van der Waals surface area contributed by atoms with Crippen LogP contribution < -0.4 is 0 Å². The molecule has 5 nitrogen and oxygen atoms in total. The molecule has 0 fully saturated rings. The lowest BCUT2D eigenvalue weighted by atomic mass is 10.1. The van der Waals surface area contributed by atoms with Crippen LogP contribution in [0.5, 0.6) is 0 Å². The highest BCUT2D eigenvalue weighted by molar-refractivity contribution is 7.05. The van der Waals surface area contributed by atoms with Gasteiger partial charge in [0.2, 0.25) is 0 Å². The fourth-order valence-electron chi connectivity index (χ4n) is 18.3. The average molecular weight is 2460 g/mol. The molecule has 0 atom stereocenters. The number of ether oxygens (including phenoxy) is 5. The van der Waals surface area contributed by atoms with Gasteiger partial charge in [0.1, 0.15) is 0 Å². The van der Waals surface area contributed by atoms with Crippen LogP contribution in [0.4, 0.5) is 0 Å². The van der Waals surface area contributed by atoms with Crippen molar-refractivity contribution >= 4 is 229 Å². The fourth-order valence-corrected chi connectivity index (χ4v) is 144. The van der Waals surface area contributed by atoms with E-state index in [1.165, 1.54) is 156 Å². The Morgan fingerprint density at radius 1 is 0.240 bits per heavy atom. The minimum absolute atomic E-state index is 0. The summed E-state index contributed by atoms with van der Waals surface area (Å²) in [6.07, 6.45) is 51.6. The molecular formula is C115H270O5Si26. The Hall–Kier alpha value is 0.999. The SMILES string of the molecule is C=C(C)C=CCCC[SiH2]C[Si](C)(C)C[SiH2]C[Si](C)(CCCCCCCC)CCCCCCCC.C=C(C)C=COCCC[SiH2]C[Si](C)(C)C(=C)[SiH2]C[Si](C)(C)C(=C)[SiH2]C[Si](C)(C)C.C=C(C)C=COCCC[SiH2]C[Si](C)(C)C[SiH2]C[Si](C)(C)C.C=C(C)C=COCCC[SiH2]C[Si](C)(C)C[SiH2]C[Si](C)(C)C.C=C(C)C=COCCC[SiH2]C[Si](C)(C)C[SiH2]C[Si](C)(C)C.C=CC=COCCC[SiH2]C[Si](C)(C)C[SiH2]C[Si](C)(C)C.[HH].[HH]. The van der Waals surface area contributed by atoms with Crippen LogP contribution in [-0.4, -0.2) is 262 Å². The van der Waals surface area contributed by atoms with E-state index in [-0.39, 0.29) is 127 Å². The van der Waals surface area contributed by atoms with Crippen LogP contribution in [0.3, 0.4) is 0 Å². The van der Waals surface area contributed by atoms with E-state index in [9.17, 15) is 0 Å². The summed E-state index contributed by atoms with van der Waals surface area (Å²) in [5.74, 6) is 0. The van der Waals surface area contributed by atoms with Gasteiger partial charge in [-0.25, -0.2) is 0 Å². The van der Waals surface area contributed by atoms with Crippen molar-refractivity contribution in [3.63, 3.8) is 0 Å². The lowest BCUT2D eigenvalue weighted by Crippen LogP contribution is -2.39. The monoisotopic (exact) mass is 2460 g/mol. The first-order chi connectivity index (χ1) is 67.6. The lowest BCUT2D eigenvalue weighted by molar-refractivity contribution is 0.249. The second-order valence-electron chi connectivity index (χ2n) is 57.1. The van der Waals surface area contributed by atoms with Gasteiger partial charge in [0.25, 0.3) is 0 Å². The first-order valence-electron chi connectivity index (χ1n) is 60.9. The maximum absolute atomic E-state index is 5.55. The third kappa shape index (κ3) is 128. The molecule has 146 heavy (non-hydrogen) atoms. The maximum atomic E-state index is 5.55. The predicted molar refractivity (Wildman–Crippen MR) is 777 cm³/mol. The van der Waals surface area contributed by atoms with Gasteiger partial charge < -0.3 is 23.7 Å². The van der Waals surface area contributed by atoms with Gasteiger partial charge in [-0.3, -0.25) is 0 Å². The highest BCUT2D eigenvalue weighted by atomic mass is 28.4. The van der Waals surface area contributed by atoms with E-state index < -0.39 is 105 Å². The van der Waals surface area contributed by atoms with Crippen molar-refractivity contribution in [1.29, 1.82) is 0 Å². The van der Waals surface area contributed by atoms with Crippen molar-refractivity contribution in [2.45, 2.75) is 517 Å². The molecule has 0 aromatic carbocycles. The van der Waals surface area contributed by atoms with E-state index >= 15 is 0 Å². The first-order valence-corrected chi connectivity index (χ1v) is 131. The summed E-state index contributed by atoms with van der Waals surface area (Å²) in [5.41, 5.74) is 35.3.